The van der Waals surface area contributed by atoms with Gasteiger partial charge in [0.05, 0.1) is 9.53 Å². The molecule has 1 N–H and O–H groups in total. The standard InChI is InChI=1S/C9H11ClN2O2S2/c10-7-5-11-6-8(9(7)15)16(13,14)12-3-1-2-4-12/h5-6H,1-4H2,(H,11,15). The summed E-state index contributed by atoms with van der Waals surface area (Å²) in [6.45, 7) is 1.12. The van der Waals surface area contributed by atoms with Gasteiger partial charge in [-0.3, -0.25) is 0 Å². The molecular formula is C9H11ClN2O2S2. The van der Waals surface area contributed by atoms with E-state index in [2.05, 4.69) is 4.98 Å². The Balaban J connectivity index is 2.51. The molecule has 1 aliphatic rings. The topological polar surface area (TPSA) is 53.2 Å². The number of aromatic amines is 1. The Morgan fingerprint density at radius 3 is 2.56 bits per heavy atom. The minimum atomic E-state index is -3.48. The van der Waals surface area contributed by atoms with E-state index in [-0.39, 0.29) is 14.4 Å². The van der Waals surface area contributed by atoms with Crippen molar-refractivity contribution in [2.24, 2.45) is 0 Å². The summed E-state index contributed by atoms with van der Waals surface area (Å²) in [5, 5.41) is 0.260. The maximum Gasteiger partial charge on any atom is 0.246 e. The summed E-state index contributed by atoms with van der Waals surface area (Å²) in [7, 11) is -3.48. The molecule has 0 radical (unpaired) electrons. The Bertz CT molecular complexity index is 547. The highest BCUT2D eigenvalue weighted by Gasteiger charge is 2.28. The lowest BCUT2D eigenvalue weighted by molar-refractivity contribution is 0.477. The smallest absolute Gasteiger partial charge is 0.246 e. The molecule has 1 aromatic heterocycles. The van der Waals surface area contributed by atoms with Crippen molar-refractivity contribution in [3.8, 4) is 0 Å². The average Bonchev–Trinajstić information content (AvgIpc) is 2.75. The van der Waals surface area contributed by atoms with Crippen molar-refractivity contribution < 1.29 is 8.42 Å². The SMILES string of the molecule is O=S(=O)(c1c[nH]cc(Cl)c1=S)N1CCCC1. The molecule has 2 rings (SSSR count). The monoisotopic (exact) mass is 278 g/mol. The van der Waals surface area contributed by atoms with Crippen molar-refractivity contribution in [1.29, 1.82) is 0 Å². The summed E-state index contributed by atoms with van der Waals surface area (Å²) >= 11 is 10.8. The number of nitrogens with one attached hydrogen (secondary N) is 1. The van der Waals surface area contributed by atoms with E-state index in [0.717, 1.165) is 12.8 Å². The van der Waals surface area contributed by atoms with Crippen LogP contribution in [0.2, 0.25) is 5.02 Å². The fourth-order valence-corrected chi connectivity index (χ4v) is 3.93. The highest BCUT2D eigenvalue weighted by atomic mass is 35.5. The number of H-pyrrole nitrogens is 1. The van der Waals surface area contributed by atoms with E-state index in [1.165, 1.54) is 16.7 Å². The number of nitrogens with zero attached hydrogens (tertiary/aromatic N) is 1. The van der Waals surface area contributed by atoms with Crippen molar-refractivity contribution in [2.45, 2.75) is 17.7 Å². The molecule has 0 atom stereocenters. The quantitative estimate of drug-likeness (QED) is 0.844. The van der Waals surface area contributed by atoms with E-state index in [1.807, 2.05) is 0 Å². The van der Waals surface area contributed by atoms with E-state index in [1.54, 1.807) is 0 Å². The van der Waals surface area contributed by atoms with Crippen molar-refractivity contribution in [3.63, 3.8) is 0 Å². The average molecular weight is 279 g/mol. The normalized spacial score (nSPS) is 17.8. The van der Waals surface area contributed by atoms with Gasteiger partial charge < -0.3 is 4.98 Å². The van der Waals surface area contributed by atoms with Gasteiger partial charge in [0.15, 0.2) is 0 Å². The molecule has 0 spiro atoms. The minimum Gasteiger partial charge on any atom is -0.365 e. The number of sulfonamides is 1. The minimum absolute atomic E-state index is 0.0944. The molecule has 1 aliphatic heterocycles. The van der Waals surface area contributed by atoms with Gasteiger partial charge in [-0.05, 0) is 12.8 Å². The number of hydrogen-bond acceptors (Lipinski definition) is 3. The first-order valence-electron chi connectivity index (χ1n) is 4.90. The first-order valence-corrected chi connectivity index (χ1v) is 7.13. The maximum absolute atomic E-state index is 12.2. The van der Waals surface area contributed by atoms with Crippen LogP contribution in [0.25, 0.3) is 0 Å². The fourth-order valence-electron chi connectivity index (χ4n) is 1.70. The van der Waals surface area contributed by atoms with Crippen molar-refractivity contribution in [1.82, 2.24) is 9.29 Å². The molecule has 0 unspecified atom stereocenters. The Morgan fingerprint density at radius 1 is 1.31 bits per heavy atom. The number of rotatable bonds is 2. The van der Waals surface area contributed by atoms with Crippen LogP contribution in [0.1, 0.15) is 12.8 Å². The zero-order chi connectivity index (χ0) is 11.8. The summed E-state index contributed by atoms with van der Waals surface area (Å²) in [6.07, 6.45) is 4.67. The molecule has 1 aromatic rings. The molecule has 4 nitrogen and oxygen atoms in total. The van der Waals surface area contributed by atoms with Crippen molar-refractivity contribution >= 4 is 33.8 Å². The molecule has 0 amide bonds. The Labute approximate surface area is 104 Å². The van der Waals surface area contributed by atoms with E-state index in [0.29, 0.717) is 13.1 Å². The summed E-state index contributed by atoms with van der Waals surface area (Å²) in [4.78, 5) is 2.79. The van der Waals surface area contributed by atoms with Gasteiger partial charge in [-0.2, -0.15) is 4.31 Å². The van der Waals surface area contributed by atoms with Crippen LogP contribution in [-0.2, 0) is 10.0 Å². The maximum atomic E-state index is 12.2. The van der Waals surface area contributed by atoms with Gasteiger partial charge in [0.1, 0.15) is 4.90 Å². The second-order valence-electron chi connectivity index (χ2n) is 3.61. The molecule has 2 heterocycles. The van der Waals surface area contributed by atoms with Crippen LogP contribution in [0.5, 0.6) is 0 Å². The zero-order valence-corrected chi connectivity index (χ0v) is 10.8. The molecular weight excluding hydrogens is 268 g/mol. The second-order valence-corrected chi connectivity index (χ2v) is 6.33. The zero-order valence-electron chi connectivity index (χ0n) is 8.44. The van der Waals surface area contributed by atoms with Gasteiger partial charge in [0.25, 0.3) is 0 Å². The van der Waals surface area contributed by atoms with Gasteiger partial charge in [-0.25, -0.2) is 8.42 Å². The van der Waals surface area contributed by atoms with Crippen LogP contribution in [0.3, 0.4) is 0 Å². The van der Waals surface area contributed by atoms with Crippen LogP contribution >= 0.6 is 23.8 Å². The molecule has 7 heteroatoms. The first kappa shape index (κ1) is 12.0. The predicted octanol–water partition coefficient (Wildman–Crippen LogP) is 2.18. The molecule has 0 aliphatic carbocycles. The van der Waals surface area contributed by atoms with Crippen LogP contribution in [0.4, 0.5) is 0 Å². The van der Waals surface area contributed by atoms with Crippen LogP contribution in [0, 0.1) is 4.51 Å². The van der Waals surface area contributed by atoms with Gasteiger partial charge in [0, 0.05) is 25.5 Å². The summed E-state index contributed by atoms with van der Waals surface area (Å²) in [5.41, 5.74) is 0. The number of aromatic nitrogens is 1. The van der Waals surface area contributed by atoms with Crippen molar-refractivity contribution in [3.05, 3.63) is 21.9 Å². The lowest BCUT2D eigenvalue weighted by Gasteiger charge is -2.15. The predicted molar refractivity (Wildman–Crippen MR) is 64.6 cm³/mol. The van der Waals surface area contributed by atoms with E-state index in [9.17, 15) is 8.42 Å². The van der Waals surface area contributed by atoms with Crippen molar-refractivity contribution in [2.75, 3.05) is 13.1 Å². The highest BCUT2D eigenvalue weighted by molar-refractivity contribution is 7.89. The van der Waals surface area contributed by atoms with Gasteiger partial charge in [-0.15, -0.1) is 0 Å². The van der Waals surface area contributed by atoms with Crippen LogP contribution in [0.15, 0.2) is 17.3 Å². The molecule has 0 bridgehead atoms. The van der Waals surface area contributed by atoms with Crippen LogP contribution < -0.4 is 0 Å². The molecule has 1 saturated heterocycles. The summed E-state index contributed by atoms with van der Waals surface area (Å²) < 4.78 is 26.0. The second kappa shape index (κ2) is 4.44. The van der Waals surface area contributed by atoms with Gasteiger partial charge in [-0.1, -0.05) is 23.8 Å². The number of halogens is 1. The number of pyridine rings is 1. The van der Waals surface area contributed by atoms with Gasteiger partial charge >= 0.3 is 0 Å². The van der Waals surface area contributed by atoms with Gasteiger partial charge in [0.2, 0.25) is 10.0 Å². The van der Waals surface area contributed by atoms with Crippen LogP contribution in [-0.4, -0.2) is 30.8 Å². The fraction of sp³-hybridized carbons (Fsp3) is 0.444. The number of hydrogen-bond donors (Lipinski definition) is 1. The third-order valence-corrected chi connectivity index (χ3v) is 5.45. The third-order valence-electron chi connectivity index (χ3n) is 2.55. The van der Waals surface area contributed by atoms with E-state index >= 15 is 0 Å². The summed E-state index contributed by atoms with van der Waals surface area (Å²) in [6, 6.07) is 0. The lowest BCUT2D eigenvalue weighted by Crippen LogP contribution is -2.28. The molecule has 16 heavy (non-hydrogen) atoms. The molecule has 1 fully saturated rings. The summed E-state index contributed by atoms with van der Waals surface area (Å²) in [5.74, 6) is 0. The largest absolute Gasteiger partial charge is 0.365 e. The Hall–Kier alpha value is -0.430. The molecule has 0 aromatic carbocycles. The van der Waals surface area contributed by atoms with E-state index in [4.69, 9.17) is 23.8 Å². The first-order chi connectivity index (χ1) is 7.53. The lowest BCUT2D eigenvalue weighted by atomic mass is 10.4. The Morgan fingerprint density at radius 2 is 1.94 bits per heavy atom. The molecule has 88 valence electrons. The third kappa shape index (κ3) is 2.02. The Kier molecular flexibility index (Phi) is 3.34. The molecule has 0 saturated carbocycles. The van der Waals surface area contributed by atoms with E-state index < -0.39 is 10.0 Å². The highest BCUT2D eigenvalue weighted by Crippen LogP contribution is 2.23.